The van der Waals surface area contributed by atoms with Crippen molar-refractivity contribution >= 4 is 17.5 Å². The van der Waals surface area contributed by atoms with E-state index in [9.17, 15) is 4.79 Å². The second kappa shape index (κ2) is 8.93. The summed E-state index contributed by atoms with van der Waals surface area (Å²) >= 11 is 6.13. The number of benzene rings is 2. The van der Waals surface area contributed by atoms with E-state index >= 15 is 0 Å². The summed E-state index contributed by atoms with van der Waals surface area (Å²) in [5, 5.41) is 8.25. The number of nitrogens with one attached hydrogen (secondary N) is 1. The molecule has 28 heavy (non-hydrogen) atoms. The molecule has 0 saturated heterocycles. The molecule has 0 aliphatic heterocycles. The van der Waals surface area contributed by atoms with E-state index in [2.05, 4.69) is 10.4 Å². The Labute approximate surface area is 170 Å². The lowest BCUT2D eigenvalue weighted by Crippen LogP contribution is -2.23. The number of carbonyl (C=O) groups is 1. The van der Waals surface area contributed by atoms with E-state index in [1.807, 2.05) is 67.1 Å². The predicted molar refractivity (Wildman–Crippen MR) is 111 cm³/mol. The van der Waals surface area contributed by atoms with Crippen molar-refractivity contribution in [3.8, 4) is 11.4 Å². The predicted octanol–water partition coefficient (Wildman–Crippen LogP) is 4.40. The zero-order valence-corrected chi connectivity index (χ0v) is 17.1. The van der Waals surface area contributed by atoms with E-state index in [-0.39, 0.29) is 5.91 Å². The zero-order chi connectivity index (χ0) is 20.1. The van der Waals surface area contributed by atoms with E-state index < -0.39 is 0 Å². The van der Waals surface area contributed by atoms with Crippen molar-refractivity contribution in [3.63, 3.8) is 0 Å². The summed E-state index contributed by atoms with van der Waals surface area (Å²) in [7, 11) is 1.65. The van der Waals surface area contributed by atoms with Gasteiger partial charge in [0.15, 0.2) is 0 Å². The van der Waals surface area contributed by atoms with Gasteiger partial charge in [-0.1, -0.05) is 35.9 Å². The Hall–Kier alpha value is -2.79. The molecule has 0 spiro atoms. The molecule has 0 aliphatic rings. The number of aromatic nitrogens is 2. The van der Waals surface area contributed by atoms with Gasteiger partial charge in [0.25, 0.3) is 0 Å². The molecular formula is C22H24ClN3O2. The molecular weight excluding hydrogens is 374 g/mol. The van der Waals surface area contributed by atoms with Crippen LogP contribution in [0.3, 0.4) is 0 Å². The second-order valence-corrected chi connectivity index (χ2v) is 7.04. The van der Waals surface area contributed by atoms with Crippen LogP contribution in [0.2, 0.25) is 5.02 Å². The smallest absolute Gasteiger partial charge is 0.220 e. The molecule has 1 aromatic heterocycles. The van der Waals surface area contributed by atoms with Crippen LogP contribution in [0.4, 0.5) is 0 Å². The van der Waals surface area contributed by atoms with Crippen molar-refractivity contribution in [2.45, 2.75) is 33.2 Å². The molecule has 3 rings (SSSR count). The van der Waals surface area contributed by atoms with Gasteiger partial charge in [0.2, 0.25) is 5.91 Å². The number of hydrogen-bond acceptors (Lipinski definition) is 3. The largest absolute Gasteiger partial charge is 0.497 e. The van der Waals surface area contributed by atoms with Crippen molar-refractivity contribution in [2.24, 2.45) is 0 Å². The third-order valence-electron chi connectivity index (χ3n) is 4.77. The molecule has 0 radical (unpaired) electrons. The third kappa shape index (κ3) is 4.54. The van der Waals surface area contributed by atoms with E-state index in [0.717, 1.165) is 34.0 Å². The Balaban J connectivity index is 1.65. The first-order chi connectivity index (χ1) is 13.5. The maximum Gasteiger partial charge on any atom is 0.220 e. The van der Waals surface area contributed by atoms with Crippen molar-refractivity contribution in [3.05, 3.63) is 76.1 Å². The molecule has 2 aromatic carbocycles. The summed E-state index contributed by atoms with van der Waals surface area (Å²) in [6, 6.07) is 15.3. The van der Waals surface area contributed by atoms with Crippen LogP contribution in [0.25, 0.3) is 5.69 Å². The number of carbonyl (C=O) groups excluding carboxylic acids is 1. The highest BCUT2D eigenvalue weighted by Gasteiger charge is 2.14. The number of aryl methyl sites for hydroxylation is 1. The average molecular weight is 398 g/mol. The van der Waals surface area contributed by atoms with Gasteiger partial charge >= 0.3 is 0 Å². The number of nitrogens with zero attached hydrogens (tertiary/aromatic N) is 2. The summed E-state index contributed by atoms with van der Waals surface area (Å²) in [5.74, 6) is 0.776. The Morgan fingerprint density at radius 1 is 1.18 bits per heavy atom. The highest BCUT2D eigenvalue weighted by molar-refractivity contribution is 6.31. The Morgan fingerprint density at radius 2 is 1.96 bits per heavy atom. The first-order valence-electron chi connectivity index (χ1n) is 9.19. The van der Waals surface area contributed by atoms with Gasteiger partial charge in [-0.25, -0.2) is 4.68 Å². The quantitative estimate of drug-likeness (QED) is 0.642. The molecule has 0 saturated carbocycles. The summed E-state index contributed by atoms with van der Waals surface area (Å²) in [5.41, 5.74) is 4.91. The Morgan fingerprint density at radius 3 is 2.71 bits per heavy atom. The van der Waals surface area contributed by atoms with Crippen LogP contribution < -0.4 is 10.1 Å². The number of hydrogen-bond donors (Lipinski definition) is 1. The Kier molecular flexibility index (Phi) is 6.37. The van der Waals surface area contributed by atoms with Gasteiger partial charge < -0.3 is 10.1 Å². The zero-order valence-electron chi connectivity index (χ0n) is 16.3. The number of halogens is 1. The number of amides is 1. The Bertz CT molecular complexity index is 982. The van der Waals surface area contributed by atoms with E-state index in [1.54, 1.807) is 7.11 Å². The maximum atomic E-state index is 12.3. The topological polar surface area (TPSA) is 56.2 Å². The van der Waals surface area contributed by atoms with E-state index in [1.165, 1.54) is 0 Å². The van der Waals surface area contributed by atoms with Crippen molar-refractivity contribution in [1.82, 2.24) is 15.1 Å². The van der Waals surface area contributed by atoms with E-state index in [4.69, 9.17) is 16.3 Å². The monoisotopic (exact) mass is 397 g/mol. The first kappa shape index (κ1) is 20.0. The minimum absolute atomic E-state index is 0.00662. The summed E-state index contributed by atoms with van der Waals surface area (Å²) in [4.78, 5) is 12.3. The van der Waals surface area contributed by atoms with Gasteiger partial charge in [0.1, 0.15) is 5.75 Å². The molecule has 0 aliphatic carbocycles. The lowest BCUT2D eigenvalue weighted by Gasteiger charge is -2.08. The normalized spacial score (nSPS) is 10.7. The highest BCUT2D eigenvalue weighted by Crippen LogP contribution is 2.22. The minimum Gasteiger partial charge on any atom is -0.497 e. The molecule has 3 aromatic rings. The summed E-state index contributed by atoms with van der Waals surface area (Å²) in [6.07, 6.45) is 1.03. The SMILES string of the molecule is COc1cccc(-n2nc(C)c(CCC(=O)NCc3ccccc3Cl)c2C)c1. The average Bonchev–Trinajstić information content (AvgIpc) is 2.99. The number of methoxy groups -OCH3 is 1. The maximum absolute atomic E-state index is 12.3. The van der Waals surface area contributed by atoms with Crippen molar-refractivity contribution in [1.29, 1.82) is 0 Å². The molecule has 6 heteroatoms. The fraction of sp³-hybridized carbons (Fsp3) is 0.273. The molecule has 5 nitrogen and oxygen atoms in total. The number of ether oxygens (including phenoxy) is 1. The molecule has 0 fully saturated rings. The van der Waals surface area contributed by atoms with Gasteiger partial charge in [-0.05, 0) is 49.6 Å². The molecule has 0 atom stereocenters. The lowest BCUT2D eigenvalue weighted by molar-refractivity contribution is -0.121. The minimum atomic E-state index is -0.00662. The van der Waals surface area contributed by atoms with Crippen LogP contribution in [0.1, 0.15) is 28.9 Å². The van der Waals surface area contributed by atoms with Gasteiger partial charge in [0, 0.05) is 29.7 Å². The first-order valence-corrected chi connectivity index (χ1v) is 9.57. The van der Waals surface area contributed by atoms with Crippen LogP contribution in [0, 0.1) is 13.8 Å². The highest BCUT2D eigenvalue weighted by atomic mass is 35.5. The van der Waals surface area contributed by atoms with Gasteiger partial charge in [0.05, 0.1) is 18.5 Å². The van der Waals surface area contributed by atoms with Crippen LogP contribution in [0.15, 0.2) is 48.5 Å². The fourth-order valence-electron chi connectivity index (χ4n) is 3.19. The van der Waals surface area contributed by atoms with Crippen molar-refractivity contribution < 1.29 is 9.53 Å². The molecule has 0 unspecified atom stereocenters. The van der Waals surface area contributed by atoms with Crippen LogP contribution in [-0.4, -0.2) is 22.8 Å². The molecule has 0 bridgehead atoms. The fourth-order valence-corrected chi connectivity index (χ4v) is 3.40. The molecule has 1 amide bonds. The standard InChI is InChI=1S/C22H24ClN3O2/c1-15-20(11-12-22(27)24-14-17-7-4-5-10-21(17)23)16(2)26(25-15)18-8-6-9-19(13-18)28-3/h4-10,13H,11-12,14H2,1-3H3,(H,24,27). The van der Waals surface area contributed by atoms with Crippen LogP contribution in [0.5, 0.6) is 5.75 Å². The summed E-state index contributed by atoms with van der Waals surface area (Å²) < 4.78 is 7.20. The summed E-state index contributed by atoms with van der Waals surface area (Å²) in [6.45, 7) is 4.43. The van der Waals surface area contributed by atoms with Crippen LogP contribution in [-0.2, 0) is 17.8 Å². The lowest BCUT2D eigenvalue weighted by atomic mass is 10.1. The van der Waals surface area contributed by atoms with Gasteiger partial charge in [-0.3, -0.25) is 4.79 Å². The van der Waals surface area contributed by atoms with Gasteiger partial charge in [-0.15, -0.1) is 0 Å². The van der Waals surface area contributed by atoms with Crippen LogP contribution >= 0.6 is 11.6 Å². The molecule has 1 N–H and O–H groups in total. The van der Waals surface area contributed by atoms with E-state index in [0.29, 0.717) is 24.4 Å². The molecule has 1 heterocycles. The third-order valence-corrected chi connectivity index (χ3v) is 5.14. The second-order valence-electron chi connectivity index (χ2n) is 6.63. The molecule has 146 valence electrons. The number of rotatable bonds is 7. The van der Waals surface area contributed by atoms with Gasteiger partial charge in [-0.2, -0.15) is 5.10 Å². The van der Waals surface area contributed by atoms with Crippen molar-refractivity contribution in [2.75, 3.05) is 7.11 Å².